The van der Waals surface area contributed by atoms with Gasteiger partial charge in [-0.25, -0.2) is 0 Å². The number of allylic oxidation sites excluding steroid dienone is 5. The van der Waals surface area contributed by atoms with Crippen LogP contribution in [0.2, 0.25) is 0 Å². The molecule has 0 aliphatic rings. The Balaban J connectivity index is 2.76. The van der Waals surface area contributed by atoms with Crippen molar-refractivity contribution < 1.29 is 13.2 Å². The van der Waals surface area contributed by atoms with Crippen LogP contribution in [0.5, 0.6) is 0 Å². The molecule has 0 saturated carbocycles. The van der Waals surface area contributed by atoms with Crippen molar-refractivity contribution in [2.24, 2.45) is 0 Å². The third-order valence-corrected chi connectivity index (χ3v) is 3.61. The number of alkyl halides is 3. The van der Waals surface area contributed by atoms with E-state index in [2.05, 4.69) is 6.58 Å². The molecule has 1 aromatic rings. The summed E-state index contributed by atoms with van der Waals surface area (Å²) < 4.78 is 39.4. The summed E-state index contributed by atoms with van der Waals surface area (Å²) in [6.07, 6.45) is -1.39. The van der Waals surface area contributed by atoms with Gasteiger partial charge in [-0.3, -0.25) is 0 Å². The van der Waals surface area contributed by atoms with Gasteiger partial charge in [0.15, 0.2) is 0 Å². The second-order valence-electron chi connectivity index (χ2n) is 5.73. The fourth-order valence-corrected chi connectivity index (χ4v) is 2.08. The maximum absolute atomic E-state index is 13.1. The molecule has 1 aromatic carbocycles. The van der Waals surface area contributed by atoms with Crippen molar-refractivity contribution in [3.8, 4) is 0 Å². The summed E-state index contributed by atoms with van der Waals surface area (Å²) in [5, 5.41) is 0. The molecule has 1 rings (SSSR count). The molecule has 0 heterocycles. The molecule has 0 bridgehead atoms. The van der Waals surface area contributed by atoms with Gasteiger partial charge in [-0.2, -0.15) is 13.2 Å². The third-order valence-electron chi connectivity index (χ3n) is 3.61. The van der Waals surface area contributed by atoms with E-state index in [1.165, 1.54) is 29.4 Å². The minimum atomic E-state index is -4.33. The van der Waals surface area contributed by atoms with E-state index in [9.17, 15) is 13.2 Å². The monoisotopic (exact) mass is 308 g/mol. The first kappa shape index (κ1) is 18.3. The van der Waals surface area contributed by atoms with Crippen molar-refractivity contribution in [3.05, 3.63) is 65.3 Å². The highest BCUT2D eigenvalue weighted by Gasteiger charge is 2.34. The SMILES string of the molecule is C=C(CCC=C(c1ccccc1)C(F)(F)F)CC(C)=C(C)C. The average molecular weight is 308 g/mol. The third kappa shape index (κ3) is 5.92. The van der Waals surface area contributed by atoms with Gasteiger partial charge >= 0.3 is 6.18 Å². The molecule has 0 aliphatic heterocycles. The molecule has 22 heavy (non-hydrogen) atoms. The van der Waals surface area contributed by atoms with E-state index >= 15 is 0 Å². The van der Waals surface area contributed by atoms with Crippen LogP contribution in [0.15, 0.2) is 59.7 Å². The van der Waals surface area contributed by atoms with E-state index < -0.39 is 11.7 Å². The molecule has 0 N–H and O–H groups in total. The molecule has 0 spiro atoms. The van der Waals surface area contributed by atoms with Crippen LogP contribution in [-0.2, 0) is 0 Å². The standard InChI is InChI=1S/C19H23F3/c1-14(2)16(4)13-15(3)9-8-12-18(19(20,21)22)17-10-6-5-7-11-17/h5-7,10-12H,3,8-9,13H2,1-2,4H3. The van der Waals surface area contributed by atoms with Crippen molar-refractivity contribution in [1.29, 1.82) is 0 Å². The van der Waals surface area contributed by atoms with E-state index in [1.807, 2.05) is 20.8 Å². The minimum absolute atomic E-state index is 0.209. The van der Waals surface area contributed by atoms with E-state index in [0.29, 0.717) is 12.8 Å². The van der Waals surface area contributed by atoms with Gasteiger partial charge in [0.2, 0.25) is 0 Å². The molecule has 0 atom stereocenters. The number of benzene rings is 1. The van der Waals surface area contributed by atoms with Crippen molar-refractivity contribution >= 4 is 5.57 Å². The maximum atomic E-state index is 13.1. The molecular formula is C19H23F3. The van der Waals surface area contributed by atoms with Gasteiger partial charge in [-0.15, -0.1) is 0 Å². The Morgan fingerprint density at radius 2 is 1.68 bits per heavy atom. The van der Waals surface area contributed by atoms with E-state index in [-0.39, 0.29) is 5.56 Å². The quantitative estimate of drug-likeness (QED) is 0.512. The lowest BCUT2D eigenvalue weighted by atomic mass is 9.98. The largest absolute Gasteiger partial charge is 0.416 e. The van der Waals surface area contributed by atoms with E-state index in [0.717, 1.165) is 12.0 Å². The first-order chi connectivity index (χ1) is 10.2. The summed E-state index contributed by atoms with van der Waals surface area (Å²) in [5.74, 6) is 0. The van der Waals surface area contributed by atoms with Crippen LogP contribution in [0.1, 0.15) is 45.6 Å². The lowest BCUT2D eigenvalue weighted by Crippen LogP contribution is -2.10. The molecule has 0 amide bonds. The van der Waals surface area contributed by atoms with Crippen LogP contribution in [0.3, 0.4) is 0 Å². The normalized spacial score (nSPS) is 12.2. The lowest BCUT2D eigenvalue weighted by Gasteiger charge is -2.12. The number of rotatable bonds is 6. The van der Waals surface area contributed by atoms with Crippen LogP contribution >= 0.6 is 0 Å². The van der Waals surface area contributed by atoms with Crippen LogP contribution < -0.4 is 0 Å². The van der Waals surface area contributed by atoms with Crippen molar-refractivity contribution in [1.82, 2.24) is 0 Å². The van der Waals surface area contributed by atoms with Gasteiger partial charge in [-0.1, -0.05) is 59.7 Å². The smallest absolute Gasteiger partial charge is 0.166 e. The second kappa shape index (κ2) is 8.02. The Bertz CT molecular complexity index is 556. The summed E-state index contributed by atoms with van der Waals surface area (Å²) in [6.45, 7) is 10.0. The summed E-state index contributed by atoms with van der Waals surface area (Å²) >= 11 is 0. The zero-order chi connectivity index (χ0) is 16.8. The van der Waals surface area contributed by atoms with Gasteiger partial charge in [0.05, 0.1) is 5.57 Å². The predicted molar refractivity (Wildman–Crippen MR) is 87.5 cm³/mol. The fraction of sp³-hybridized carbons (Fsp3) is 0.368. The van der Waals surface area contributed by atoms with Crippen LogP contribution in [-0.4, -0.2) is 6.18 Å². The molecule has 0 radical (unpaired) electrons. The Labute approximate surface area is 131 Å². The molecule has 0 nitrogen and oxygen atoms in total. The molecule has 3 heteroatoms. The number of hydrogen-bond acceptors (Lipinski definition) is 0. The summed E-state index contributed by atoms with van der Waals surface area (Å²) in [7, 11) is 0. The Hall–Kier alpha value is -1.77. The highest BCUT2D eigenvalue weighted by molar-refractivity contribution is 5.69. The molecule has 120 valence electrons. The second-order valence-corrected chi connectivity index (χ2v) is 5.73. The zero-order valence-electron chi connectivity index (χ0n) is 13.4. The van der Waals surface area contributed by atoms with Gasteiger partial charge in [0.25, 0.3) is 0 Å². The van der Waals surface area contributed by atoms with Gasteiger partial charge in [-0.05, 0) is 45.6 Å². The van der Waals surface area contributed by atoms with Gasteiger partial charge in [0, 0.05) is 0 Å². The van der Waals surface area contributed by atoms with E-state index in [4.69, 9.17) is 0 Å². The summed E-state index contributed by atoms with van der Waals surface area (Å²) in [5.41, 5.74) is 3.07. The fourth-order valence-electron chi connectivity index (χ4n) is 2.08. The molecule has 0 unspecified atom stereocenters. The van der Waals surface area contributed by atoms with Gasteiger partial charge in [0.1, 0.15) is 0 Å². The van der Waals surface area contributed by atoms with Crippen molar-refractivity contribution in [2.45, 2.75) is 46.2 Å². The lowest BCUT2D eigenvalue weighted by molar-refractivity contribution is -0.0690. The van der Waals surface area contributed by atoms with E-state index in [1.54, 1.807) is 18.2 Å². The van der Waals surface area contributed by atoms with Crippen molar-refractivity contribution in [2.75, 3.05) is 0 Å². The summed E-state index contributed by atoms with van der Waals surface area (Å²) in [4.78, 5) is 0. The summed E-state index contributed by atoms with van der Waals surface area (Å²) in [6, 6.07) is 7.92. The first-order valence-corrected chi connectivity index (χ1v) is 7.34. The Morgan fingerprint density at radius 3 is 2.18 bits per heavy atom. The number of hydrogen-bond donors (Lipinski definition) is 0. The topological polar surface area (TPSA) is 0 Å². The molecule has 0 fully saturated rings. The predicted octanol–water partition coefficient (Wildman–Crippen LogP) is 6.72. The highest BCUT2D eigenvalue weighted by Crippen LogP contribution is 2.34. The van der Waals surface area contributed by atoms with Crippen LogP contribution in [0, 0.1) is 0 Å². The highest BCUT2D eigenvalue weighted by atomic mass is 19.4. The van der Waals surface area contributed by atoms with Gasteiger partial charge < -0.3 is 0 Å². The Kier molecular flexibility index (Phi) is 6.66. The first-order valence-electron chi connectivity index (χ1n) is 7.34. The Morgan fingerprint density at radius 1 is 1.09 bits per heavy atom. The average Bonchev–Trinajstić information content (AvgIpc) is 2.43. The molecule has 0 aliphatic carbocycles. The number of halogens is 3. The van der Waals surface area contributed by atoms with Crippen LogP contribution in [0.4, 0.5) is 13.2 Å². The molecular weight excluding hydrogens is 285 g/mol. The zero-order valence-corrected chi connectivity index (χ0v) is 13.4. The van der Waals surface area contributed by atoms with Crippen molar-refractivity contribution in [3.63, 3.8) is 0 Å². The minimum Gasteiger partial charge on any atom is -0.166 e. The molecule has 0 aromatic heterocycles. The van der Waals surface area contributed by atoms with Crippen LogP contribution in [0.25, 0.3) is 5.57 Å². The maximum Gasteiger partial charge on any atom is 0.416 e. The molecule has 0 saturated heterocycles.